The van der Waals surface area contributed by atoms with E-state index in [9.17, 15) is 14.5 Å². The van der Waals surface area contributed by atoms with E-state index in [1.54, 1.807) is 12.1 Å². The standard InChI is InChI=1S/C13H9BrClFN2O2/c14-12-2-1-11(18(19)20)6-13(12)17-7-8-3-9(15)5-10(16)4-8/h1-6,17H,7H2. The van der Waals surface area contributed by atoms with Crippen LogP contribution in [0, 0.1) is 15.9 Å². The van der Waals surface area contributed by atoms with Crippen molar-refractivity contribution in [3.8, 4) is 0 Å². The van der Waals surface area contributed by atoms with Gasteiger partial charge >= 0.3 is 0 Å². The molecule has 0 radical (unpaired) electrons. The lowest BCUT2D eigenvalue weighted by atomic mass is 10.2. The molecule has 104 valence electrons. The number of nitrogens with zero attached hydrogens (tertiary/aromatic N) is 1. The van der Waals surface area contributed by atoms with Crippen LogP contribution >= 0.6 is 27.5 Å². The summed E-state index contributed by atoms with van der Waals surface area (Å²) < 4.78 is 13.9. The maximum absolute atomic E-state index is 13.2. The Bertz CT molecular complexity index is 647. The topological polar surface area (TPSA) is 55.2 Å². The Morgan fingerprint density at radius 1 is 1.30 bits per heavy atom. The normalized spacial score (nSPS) is 10.3. The van der Waals surface area contributed by atoms with Gasteiger partial charge in [0.05, 0.1) is 10.6 Å². The van der Waals surface area contributed by atoms with Gasteiger partial charge in [-0.2, -0.15) is 0 Å². The van der Waals surface area contributed by atoms with E-state index in [0.29, 0.717) is 27.3 Å². The molecular formula is C13H9BrClFN2O2. The molecule has 20 heavy (non-hydrogen) atoms. The lowest BCUT2D eigenvalue weighted by Crippen LogP contribution is -2.01. The first-order valence-electron chi connectivity index (χ1n) is 5.58. The molecule has 0 spiro atoms. The Kier molecular flexibility index (Phi) is 4.57. The van der Waals surface area contributed by atoms with E-state index in [2.05, 4.69) is 21.2 Å². The minimum absolute atomic E-state index is 0.0204. The van der Waals surface area contributed by atoms with Gasteiger partial charge in [0, 0.05) is 28.2 Å². The van der Waals surface area contributed by atoms with Crippen LogP contribution in [0.2, 0.25) is 5.02 Å². The first-order valence-corrected chi connectivity index (χ1v) is 6.75. The van der Waals surface area contributed by atoms with Gasteiger partial charge in [-0.1, -0.05) is 11.6 Å². The zero-order valence-corrected chi connectivity index (χ0v) is 12.4. The molecule has 0 heterocycles. The molecular weight excluding hydrogens is 351 g/mol. The molecule has 2 rings (SSSR count). The molecule has 4 nitrogen and oxygen atoms in total. The molecule has 0 saturated carbocycles. The highest BCUT2D eigenvalue weighted by atomic mass is 79.9. The number of hydrogen-bond acceptors (Lipinski definition) is 3. The lowest BCUT2D eigenvalue weighted by Gasteiger charge is -2.09. The monoisotopic (exact) mass is 358 g/mol. The smallest absolute Gasteiger partial charge is 0.271 e. The van der Waals surface area contributed by atoms with E-state index >= 15 is 0 Å². The number of nitro groups is 1. The highest BCUT2D eigenvalue weighted by Crippen LogP contribution is 2.27. The van der Waals surface area contributed by atoms with Crippen molar-refractivity contribution in [3.05, 3.63) is 67.4 Å². The van der Waals surface area contributed by atoms with Gasteiger partial charge in [0.15, 0.2) is 0 Å². The molecule has 0 aromatic heterocycles. The number of benzene rings is 2. The van der Waals surface area contributed by atoms with Crippen LogP contribution in [0.1, 0.15) is 5.56 Å². The summed E-state index contributed by atoms with van der Waals surface area (Å²) >= 11 is 9.06. The van der Waals surface area contributed by atoms with Crippen molar-refractivity contribution in [1.29, 1.82) is 0 Å². The van der Waals surface area contributed by atoms with Crippen LogP contribution in [0.5, 0.6) is 0 Å². The number of halogens is 3. The number of anilines is 1. The quantitative estimate of drug-likeness (QED) is 0.632. The summed E-state index contributed by atoms with van der Waals surface area (Å²) in [6.07, 6.45) is 0. The van der Waals surface area contributed by atoms with Crippen molar-refractivity contribution in [1.82, 2.24) is 0 Å². The fourth-order valence-electron chi connectivity index (χ4n) is 1.67. The molecule has 2 aromatic carbocycles. The van der Waals surface area contributed by atoms with Crippen molar-refractivity contribution >= 4 is 38.9 Å². The molecule has 0 aliphatic heterocycles. The van der Waals surface area contributed by atoms with Crippen LogP contribution in [0.3, 0.4) is 0 Å². The van der Waals surface area contributed by atoms with E-state index in [0.717, 1.165) is 0 Å². The van der Waals surface area contributed by atoms with Gasteiger partial charge in [-0.05, 0) is 45.8 Å². The van der Waals surface area contributed by atoms with Crippen molar-refractivity contribution in [2.45, 2.75) is 6.54 Å². The highest BCUT2D eigenvalue weighted by molar-refractivity contribution is 9.10. The van der Waals surface area contributed by atoms with E-state index in [-0.39, 0.29) is 5.69 Å². The molecule has 0 bridgehead atoms. The summed E-state index contributed by atoms with van der Waals surface area (Å²) in [4.78, 5) is 10.2. The zero-order valence-electron chi connectivity index (χ0n) is 10.1. The molecule has 7 heteroatoms. The van der Waals surface area contributed by atoms with Gasteiger partial charge in [-0.3, -0.25) is 10.1 Å². The number of rotatable bonds is 4. The fraction of sp³-hybridized carbons (Fsp3) is 0.0769. The van der Waals surface area contributed by atoms with E-state index in [1.165, 1.54) is 24.3 Å². The predicted molar refractivity (Wildman–Crippen MR) is 79.5 cm³/mol. The molecule has 0 amide bonds. The minimum atomic E-state index is -0.476. The van der Waals surface area contributed by atoms with Crippen LogP contribution in [0.25, 0.3) is 0 Å². The predicted octanol–water partition coefficient (Wildman–Crippen LogP) is 4.76. The number of non-ortho nitro benzene ring substituents is 1. The number of nitro benzene ring substituents is 1. The van der Waals surface area contributed by atoms with Crippen molar-refractivity contribution < 1.29 is 9.31 Å². The van der Waals surface area contributed by atoms with E-state index in [4.69, 9.17) is 11.6 Å². The van der Waals surface area contributed by atoms with Gasteiger partial charge < -0.3 is 5.32 Å². The second-order valence-electron chi connectivity index (χ2n) is 4.05. The van der Waals surface area contributed by atoms with E-state index < -0.39 is 10.7 Å². The van der Waals surface area contributed by atoms with Gasteiger partial charge in [0.1, 0.15) is 5.82 Å². The third kappa shape index (κ3) is 3.68. The molecule has 0 fully saturated rings. The number of nitrogens with one attached hydrogen (secondary N) is 1. The van der Waals surface area contributed by atoms with E-state index in [1.807, 2.05) is 0 Å². The maximum atomic E-state index is 13.2. The van der Waals surface area contributed by atoms with Crippen LogP contribution in [-0.4, -0.2) is 4.92 Å². The summed E-state index contributed by atoms with van der Waals surface area (Å²) in [5.41, 5.74) is 1.18. The van der Waals surface area contributed by atoms with Gasteiger partial charge in [0.25, 0.3) is 5.69 Å². The Morgan fingerprint density at radius 2 is 2.05 bits per heavy atom. The number of hydrogen-bond donors (Lipinski definition) is 1. The summed E-state index contributed by atoms with van der Waals surface area (Å²) in [6, 6.07) is 8.58. The van der Waals surface area contributed by atoms with Crippen LogP contribution in [-0.2, 0) is 6.54 Å². The largest absolute Gasteiger partial charge is 0.380 e. The van der Waals surface area contributed by atoms with Crippen LogP contribution in [0.15, 0.2) is 40.9 Å². The Balaban J connectivity index is 2.18. The maximum Gasteiger partial charge on any atom is 0.271 e. The summed E-state index contributed by atoms with van der Waals surface area (Å²) in [5.74, 6) is -0.424. The molecule has 0 aliphatic rings. The molecule has 0 saturated heterocycles. The molecule has 0 atom stereocenters. The molecule has 0 aliphatic carbocycles. The zero-order chi connectivity index (χ0) is 14.7. The highest BCUT2D eigenvalue weighted by Gasteiger charge is 2.09. The van der Waals surface area contributed by atoms with Gasteiger partial charge in [-0.25, -0.2) is 4.39 Å². The lowest BCUT2D eigenvalue weighted by molar-refractivity contribution is -0.384. The van der Waals surface area contributed by atoms with Crippen molar-refractivity contribution in [2.75, 3.05) is 5.32 Å². The van der Waals surface area contributed by atoms with Crippen molar-refractivity contribution in [3.63, 3.8) is 0 Å². The average molecular weight is 360 g/mol. The summed E-state index contributed by atoms with van der Waals surface area (Å²) in [6.45, 7) is 0.303. The fourth-order valence-corrected chi connectivity index (χ4v) is 2.30. The first kappa shape index (κ1) is 14.7. The second kappa shape index (κ2) is 6.19. The van der Waals surface area contributed by atoms with Crippen LogP contribution < -0.4 is 5.32 Å². The third-order valence-electron chi connectivity index (χ3n) is 2.57. The van der Waals surface area contributed by atoms with Crippen molar-refractivity contribution in [2.24, 2.45) is 0 Å². The molecule has 2 aromatic rings. The van der Waals surface area contributed by atoms with Crippen LogP contribution in [0.4, 0.5) is 15.8 Å². The minimum Gasteiger partial charge on any atom is -0.380 e. The summed E-state index contributed by atoms with van der Waals surface area (Å²) in [7, 11) is 0. The molecule has 1 N–H and O–H groups in total. The average Bonchev–Trinajstić information content (AvgIpc) is 2.36. The Morgan fingerprint density at radius 3 is 2.70 bits per heavy atom. The Labute approximate surface area is 127 Å². The third-order valence-corrected chi connectivity index (χ3v) is 3.48. The van der Waals surface area contributed by atoms with Gasteiger partial charge in [-0.15, -0.1) is 0 Å². The molecule has 0 unspecified atom stereocenters. The second-order valence-corrected chi connectivity index (χ2v) is 5.34. The Hall–Kier alpha value is -1.66. The SMILES string of the molecule is O=[N+]([O-])c1ccc(Br)c(NCc2cc(F)cc(Cl)c2)c1. The summed E-state index contributed by atoms with van der Waals surface area (Å²) in [5, 5.41) is 14.0. The van der Waals surface area contributed by atoms with Gasteiger partial charge in [0.2, 0.25) is 0 Å². The first-order chi connectivity index (χ1) is 9.45.